The summed E-state index contributed by atoms with van der Waals surface area (Å²) in [6.07, 6.45) is 4.95. The highest BCUT2D eigenvalue weighted by Gasteiger charge is 2.32. The van der Waals surface area contributed by atoms with E-state index in [0.29, 0.717) is 6.04 Å². The topological polar surface area (TPSA) is 59.3 Å². The highest BCUT2D eigenvalue weighted by molar-refractivity contribution is 5.41. The molecule has 2 fully saturated rings. The smallest absolute Gasteiger partial charge is 0.132 e. The summed E-state index contributed by atoms with van der Waals surface area (Å²) in [6.45, 7) is 7.35. The Kier molecular flexibility index (Phi) is 4.20. The third kappa shape index (κ3) is 3.01. The summed E-state index contributed by atoms with van der Waals surface area (Å²) in [5, 5.41) is 0. The van der Waals surface area contributed by atoms with Crippen molar-refractivity contribution in [3.05, 3.63) is 35.8 Å². The number of aryl methyl sites for hydroxylation is 2. The third-order valence-electron chi connectivity index (χ3n) is 4.93. The molecule has 1 unspecified atom stereocenters. The number of imidazole rings is 1. The minimum atomic E-state index is 0.376. The van der Waals surface area contributed by atoms with Crippen LogP contribution in [0.4, 0.5) is 5.82 Å². The van der Waals surface area contributed by atoms with Gasteiger partial charge in [0, 0.05) is 45.5 Å². The van der Waals surface area contributed by atoms with Gasteiger partial charge in [0.1, 0.15) is 11.6 Å². The van der Waals surface area contributed by atoms with Crippen LogP contribution in [0.15, 0.2) is 18.6 Å². The zero-order valence-corrected chi connectivity index (χ0v) is 14.4. The summed E-state index contributed by atoms with van der Waals surface area (Å²) in [5.41, 5.74) is 2.37. The molecule has 0 amide bonds. The number of hydrogen-bond donors (Lipinski definition) is 0. The van der Waals surface area contributed by atoms with Crippen molar-refractivity contribution in [2.24, 2.45) is 7.05 Å². The van der Waals surface area contributed by atoms with Crippen molar-refractivity contribution in [3.63, 3.8) is 0 Å². The molecule has 0 aromatic carbocycles. The number of anilines is 1. The van der Waals surface area contributed by atoms with E-state index in [2.05, 4.69) is 30.4 Å². The van der Waals surface area contributed by atoms with Crippen LogP contribution in [0.25, 0.3) is 0 Å². The van der Waals surface area contributed by atoms with E-state index < -0.39 is 0 Å². The molecular weight excluding hydrogens is 304 g/mol. The van der Waals surface area contributed by atoms with Crippen LogP contribution in [0.3, 0.4) is 0 Å². The van der Waals surface area contributed by atoms with Crippen LogP contribution in [-0.2, 0) is 18.3 Å². The molecule has 2 aromatic heterocycles. The SMILES string of the molecule is Cc1nc(C2CCN2Cc2cncn2C)cc(N2CCOCC2)n1. The van der Waals surface area contributed by atoms with E-state index in [1.54, 1.807) is 0 Å². The Morgan fingerprint density at radius 3 is 2.71 bits per heavy atom. The van der Waals surface area contributed by atoms with Crippen LogP contribution in [0.2, 0.25) is 0 Å². The van der Waals surface area contributed by atoms with Gasteiger partial charge in [0.05, 0.1) is 37.0 Å². The van der Waals surface area contributed by atoms with Gasteiger partial charge < -0.3 is 14.2 Å². The Bertz CT molecular complexity index is 709. The zero-order chi connectivity index (χ0) is 16.5. The van der Waals surface area contributed by atoms with Crippen molar-refractivity contribution in [1.29, 1.82) is 0 Å². The highest BCUT2D eigenvalue weighted by atomic mass is 16.5. The molecule has 2 aromatic rings. The number of nitrogens with zero attached hydrogens (tertiary/aromatic N) is 6. The Morgan fingerprint density at radius 2 is 2.04 bits per heavy atom. The Labute approximate surface area is 142 Å². The summed E-state index contributed by atoms with van der Waals surface area (Å²) in [5.74, 6) is 1.88. The maximum atomic E-state index is 5.45. The lowest BCUT2D eigenvalue weighted by Gasteiger charge is -2.41. The molecule has 1 atom stereocenters. The van der Waals surface area contributed by atoms with Gasteiger partial charge >= 0.3 is 0 Å². The first kappa shape index (κ1) is 15.5. The first-order chi connectivity index (χ1) is 11.7. The van der Waals surface area contributed by atoms with Crippen molar-refractivity contribution in [1.82, 2.24) is 24.4 Å². The number of rotatable bonds is 4. The van der Waals surface area contributed by atoms with Gasteiger partial charge in [-0.15, -0.1) is 0 Å². The van der Waals surface area contributed by atoms with Gasteiger partial charge in [0.2, 0.25) is 0 Å². The minimum Gasteiger partial charge on any atom is -0.378 e. The molecule has 4 rings (SSSR count). The Morgan fingerprint density at radius 1 is 1.21 bits per heavy atom. The second kappa shape index (κ2) is 6.49. The molecule has 0 spiro atoms. The van der Waals surface area contributed by atoms with Gasteiger partial charge in [-0.25, -0.2) is 15.0 Å². The minimum absolute atomic E-state index is 0.376. The summed E-state index contributed by atoms with van der Waals surface area (Å²) >= 11 is 0. The van der Waals surface area contributed by atoms with Crippen molar-refractivity contribution in [2.45, 2.75) is 25.9 Å². The van der Waals surface area contributed by atoms with Gasteiger partial charge in [-0.3, -0.25) is 4.90 Å². The van der Waals surface area contributed by atoms with E-state index in [1.807, 2.05) is 26.5 Å². The van der Waals surface area contributed by atoms with Gasteiger partial charge in [-0.05, 0) is 13.3 Å². The normalized spacial score (nSPS) is 21.8. The zero-order valence-electron chi connectivity index (χ0n) is 14.4. The molecule has 0 N–H and O–H groups in total. The van der Waals surface area contributed by atoms with Gasteiger partial charge in [0.25, 0.3) is 0 Å². The van der Waals surface area contributed by atoms with E-state index in [9.17, 15) is 0 Å². The highest BCUT2D eigenvalue weighted by Crippen LogP contribution is 2.34. The fourth-order valence-corrected chi connectivity index (χ4v) is 3.41. The average Bonchev–Trinajstić information content (AvgIpc) is 2.97. The van der Waals surface area contributed by atoms with E-state index >= 15 is 0 Å². The van der Waals surface area contributed by atoms with Crippen molar-refractivity contribution >= 4 is 5.82 Å². The van der Waals surface area contributed by atoms with E-state index in [0.717, 1.165) is 63.1 Å². The first-order valence-electron chi connectivity index (χ1n) is 8.58. The molecule has 7 heteroatoms. The van der Waals surface area contributed by atoms with Crippen LogP contribution in [0.5, 0.6) is 0 Å². The molecule has 4 heterocycles. The average molecular weight is 328 g/mol. The number of hydrogen-bond acceptors (Lipinski definition) is 6. The van der Waals surface area contributed by atoms with E-state index in [-0.39, 0.29) is 0 Å². The van der Waals surface area contributed by atoms with Crippen molar-refractivity contribution in [3.8, 4) is 0 Å². The van der Waals surface area contributed by atoms with Crippen LogP contribution in [0, 0.1) is 6.92 Å². The molecule has 0 bridgehead atoms. The summed E-state index contributed by atoms with van der Waals surface area (Å²) in [4.78, 5) is 18.3. The van der Waals surface area contributed by atoms with E-state index in [4.69, 9.17) is 9.72 Å². The quantitative estimate of drug-likeness (QED) is 0.843. The van der Waals surface area contributed by atoms with Gasteiger partial charge in [-0.1, -0.05) is 0 Å². The standard InChI is InChI=1S/C17H24N6O/c1-13-19-15(9-17(20-13)22-5-7-24-8-6-22)16-3-4-23(16)11-14-10-18-12-21(14)2/h9-10,12,16H,3-8,11H2,1-2H3. The lowest BCUT2D eigenvalue weighted by atomic mass is 9.98. The first-order valence-corrected chi connectivity index (χ1v) is 8.58. The van der Waals surface area contributed by atoms with E-state index in [1.165, 1.54) is 5.69 Å². The molecule has 24 heavy (non-hydrogen) atoms. The second-order valence-corrected chi connectivity index (χ2v) is 6.57. The molecule has 7 nitrogen and oxygen atoms in total. The maximum Gasteiger partial charge on any atom is 0.132 e. The summed E-state index contributed by atoms with van der Waals surface area (Å²) in [6, 6.07) is 2.54. The Hall–Kier alpha value is -1.99. The van der Waals surface area contributed by atoms with Crippen molar-refractivity contribution < 1.29 is 4.74 Å². The molecule has 2 aliphatic rings. The maximum absolute atomic E-state index is 5.45. The van der Waals surface area contributed by atoms with Crippen LogP contribution in [0.1, 0.15) is 29.7 Å². The molecule has 0 radical (unpaired) electrons. The fourth-order valence-electron chi connectivity index (χ4n) is 3.41. The lowest BCUT2D eigenvalue weighted by Crippen LogP contribution is -2.41. The van der Waals surface area contributed by atoms with Gasteiger partial charge in [0.15, 0.2) is 0 Å². The van der Waals surface area contributed by atoms with Crippen LogP contribution < -0.4 is 4.90 Å². The molecule has 0 saturated carbocycles. The molecule has 2 aliphatic heterocycles. The predicted octanol–water partition coefficient (Wildman–Crippen LogP) is 1.30. The molecule has 0 aliphatic carbocycles. The molecular formula is C17H24N6O. The predicted molar refractivity (Wildman–Crippen MR) is 90.8 cm³/mol. The number of likely N-dealkylation sites (tertiary alicyclic amines) is 1. The largest absolute Gasteiger partial charge is 0.378 e. The Balaban J connectivity index is 1.53. The number of aromatic nitrogens is 4. The second-order valence-electron chi connectivity index (χ2n) is 6.57. The van der Waals surface area contributed by atoms with Gasteiger partial charge in [-0.2, -0.15) is 0 Å². The monoisotopic (exact) mass is 328 g/mol. The lowest BCUT2D eigenvalue weighted by molar-refractivity contribution is 0.0760. The number of morpholine rings is 1. The third-order valence-corrected chi connectivity index (χ3v) is 4.93. The fraction of sp³-hybridized carbons (Fsp3) is 0.588. The van der Waals surface area contributed by atoms with Crippen molar-refractivity contribution in [2.75, 3.05) is 37.7 Å². The summed E-state index contributed by atoms with van der Waals surface area (Å²) < 4.78 is 7.53. The molecule has 2 saturated heterocycles. The number of ether oxygens (including phenoxy) is 1. The van der Waals surface area contributed by atoms with Crippen LogP contribution in [-0.4, -0.2) is 57.3 Å². The van der Waals surface area contributed by atoms with Crippen LogP contribution >= 0.6 is 0 Å². The summed E-state index contributed by atoms with van der Waals surface area (Å²) in [7, 11) is 2.04. The molecule has 128 valence electrons.